The summed E-state index contributed by atoms with van der Waals surface area (Å²) in [6, 6.07) is 23.0. The van der Waals surface area contributed by atoms with Crippen molar-refractivity contribution < 1.29 is 13.2 Å². The van der Waals surface area contributed by atoms with Crippen molar-refractivity contribution in [3.63, 3.8) is 0 Å². The second-order valence-corrected chi connectivity index (χ2v) is 7.52. The number of aryl methyl sites for hydroxylation is 2. The molecule has 0 N–H and O–H groups in total. The molecule has 0 heterocycles. The van der Waals surface area contributed by atoms with Gasteiger partial charge < -0.3 is 4.74 Å². The molecule has 5 heteroatoms. The van der Waals surface area contributed by atoms with Crippen LogP contribution in [0.5, 0.6) is 5.75 Å². The maximum atomic E-state index is 12.7. The third kappa shape index (κ3) is 4.18. The Bertz CT molecular complexity index is 1020. The molecule has 3 aromatic rings. The number of nitrogens with zero attached hydrogens (tertiary/aromatic N) is 1. The summed E-state index contributed by atoms with van der Waals surface area (Å²) in [7, 11) is -3.89. The summed E-state index contributed by atoms with van der Waals surface area (Å²) < 4.78 is 35.3. The molecule has 0 aliphatic heterocycles. The Balaban J connectivity index is 2.07. The van der Waals surface area contributed by atoms with Gasteiger partial charge in [0.05, 0.1) is 4.90 Å². The summed E-state index contributed by atoms with van der Waals surface area (Å²) in [6.45, 7) is 3.79. The summed E-state index contributed by atoms with van der Waals surface area (Å²) >= 11 is 0. The molecule has 0 spiro atoms. The maximum Gasteiger partial charge on any atom is 0.285 e. The highest BCUT2D eigenvalue weighted by Gasteiger charge is 2.17. The minimum atomic E-state index is -3.89. The first kappa shape index (κ1) is 17.9. The van der Waals surface area contributed by atoms with Crippen LogP contribution in [0.3, 0.4) is 0 Å². The van der Waals surface area contributed by atoms with E-state index >= 15 is 0 Å². The molecule has 132 valence electrons. The summed E-state index contributed by atoms with van der Waals surface area (Å²) in [5, 5.41) is 0. The number of benzene rings is 3. The van der Waals surface area contributed by atoms with Crippen molar-refractivity contribution in [2.45, 2.75) is 18.7 Å². The molecular weight excluding hydrogens is 346 g/mol. The lowest BCUT2D eigenvalue weighted by atomic mass is 10.2. The van der Waals surface area contributed by atoms with Gasteiger partial charge in [-0.05, 0) is 49.7 Å². The molecule has 0 radical (unpaired) electrons. The van der Waals surface area contributed by atoms with E-state index < -0.39 is 10.0 Å². The number of hydrogen-bond donors (Lipinski definition) is 0. The predicted octanol–water partition coefficient (Wildman–Crippen LogP) is 4.52. The van der Waals surface area contributed by atoms with Gasteiger partial charge in [0.2, 0.25) is 5.90 Å². The average molecular weight is 365 g/mol. The van der Waals surface area contributed by atoms with Gasteiger partial charge in [0.15, 0.2) is 0 Å². The highest BCUT2D eigenvalue weighted by atomic mass is 32.2. The SMILES string of the molecule is Cc1ccc(S(=O)(=O)/N=C(\Oc2ccccc2C)c2ccccc2)cc1. The van der Waals surface area contributed by atoms with Crippen molar-refractivity contribution in [3.05, 3.63) is 95.6 Å². The van der Waals surface area contributed by atoms with Gasteiger partial charge in [-0.2, -0.15) is 8.42 Å². The molecule has 0 atom stereocenters. The zero-order chi connectivity index (χ0) is 18.6. The van der Waals surface area contributed by atoms with Gasteiger partial charge in [-0.15, -0.1) is 4.40 Å². The van der Waals surface area contributed by atoms with Crippen molar-refractivity contribution in [3.8, 4) is 5.75 Å². The fourth-order valence-electron chi connectivity index (χ4n) is 2.36. The van der Waals surface area contributed by atoms with E-state index in [4.69, 9.17) is 4.74 Å². The molecule has 0 aromatic heterocycles. The second-order valence-electron chi connectivity index (χ2n) is 5.92. The minimum Gasteiger partial charge on any atom is -0.437 e. The Morgan fingerprint density at radius 3 is 2.08 bits per heavy atom. The number of para-hydroxylation sites is 1. The monoisotopic (exact) mass is 365 g/mol. The number of rotatable bonds is 4. The molecule has 0 aliphatic carbocycles. The van der Waals surface area contributed by atoms with Crippen LogP contribution in [0.4, 0.5) is 0 Å². The molecule has 3 rings (SSSR count). The normalized spacial score (nSPS) is 12.0. The van der Waals surface area contributed by atoms with E-state index in [2.05, 4.69) is 4.40 Å². The van der Waals surface area contributed by atoms with Crippen LogP contribution in [0.15, 0.2) is 88.2 Å². The van der Waals surface area contributed by atoms with Crippen LogP contribution in [0.25, 0.3) is 0 Å². The van der Waals surface area contributed by atoms with Crippen molar-refractivity contribution in [2.24, 2.45) is 4.40 Å². The van der Waals surface area contributed by atoms with Crippen LogP contribution < -0.4 is 4.74 Å². The Kier molecular flexibility index (Phi) is 5.19. The number of sulfonamides is 1. The van der Waals surface area contributed by atoms with Crippen LogP contribution in [0.1, 0.15) is 16.7 Å². The first-order chi connectivity index (χ1) is 12.5. The lowest BCUT2D eigenvalue weighted by molar-refractivity contribution is 0.546. The quantitative estimate of drug-likeness (QED) is 0.505. The maximum absolute atomic E-state index is 12.7. The molecule has 0 bridgehead atoms. The largest absolute Gasteiger partial charge is 0.437 e. The molecule has 0 amide bonds. The summed E-state index contributed by atoms with van der Waals surface area (Å²) in [4.78, 5) is 0.130. The van der Waals surface area contributed by atoms with Crippen LogP contribution in [0, 0.1) is 13.8 Å². The Labute approximate surface area is 153 Å². The van der Waals surface area contributed by atoms with E-state index in [1.165, 1.54) is 0 Å². The molecule has 0 fully saturated rings. The van der Waals surface area contributed by atoms with E-state index in [0.717, 1.165) is 11.1 Å². The van der Waals surface area contributed by atoms with Crippen molar-refractivity contribution in [2.75, 3.05) is 0 Å². The van der Waals surface area contributed by atoms with Gasteiger partial charge in [-0.3, -0.25) is 0 Å². The zero-order valence-corrected chi connectivity index (χ0v) is 15.4. The summed E-state index contributed by atoms with van der Waals surface area (Å²) in [5.41, 5.74) is 2.46. The Morgan fingerprint density at radius 2 is 1.42 bits per heavy atom. The van der Waals surface area contributed by atoms with Gasteiger partial charge in [0.1, 0.15) is 5.75 Å². The van der Waals surface area contributed by atoms with E-state index in [-0.39, 0.29) is 10.8 Å². The van der Waals surface area contributed by atoms with Crippen LogP contribution in [-0.2, 0) is 10.0 Å². The predicted molar refractivity (Wildman–Crippen MR) is 103 cm³/mol. The van der Waals surface area contributed by atoms with Gasteiger partial charge >= 0.3 is 0 Å². The van der Waals surface area contributed by atoms with Crippen LogP contribution >= 0.6 is 0 Å². The van der Waals surface area contributed by atoms with Crippen LogP contribution in [-0.4, -0.2) is 14.3 Å². The molecule has 3 aromatic carbocycles. The van der Waals surface area contributed by atoms with Gasteiger partial charge in [0.25, 0.3) is 10.0 Å². The molecule has 0 aliphatic rings. The highest BCUT2D eigenvalue weighted by Crippen LogP contribution is 2.20. The highest BCUT2D eigenvalue weighted by molar-refractivity contribution is 7.90. The second kappa shape index (κ2) is 7.54. The van der Waals surface area contributed by atoms with Gasteiger partial charge in [-0.1, -0.05) is 54.1 Å². The summed E-state index contributed by atoms with van der Waals surface area (Å²) in [5.74, 6) is 0.606. The lowest BCUT2D eigenvalue weighted by Gasteiger charge is -2.11. The smallest absolute Gasteiger partial charge is 0.285 e. The standard InChI is InChI=1S/C21H19NO3S/c1-16-12-14-19(15-13-16)26(23,24)22-21(18-9-4-3-5-10-18)25-20-11-7-6-8-17(20)2/h3-15H,1-2H3/b22-21-. The fourth-order valence-corrected chi connectivity index (χ4v) is 3.30. The average Bonchev–Trinajstić information content (AvgIpc) is 2.64. The molecule has 0 saturated heterocycles. The molecule has 26 heavy (non-hydrogen) atoms. The topological polar surface area (TPSA) is 55.7 Å². The van der Waals surface area contributed by atoms with E-state index in [0.29, 0.717) is 11.3 Å². The third-order valence-electron chi connectivity index (χ3n) is 3.84. The van der Waals surface area contributed by atoms with Crippen molar-refractivity contribution >= 4 is 15.9 Å². The third-order valence-corrected chi connectivity index (χ3v) is 5.12. The first-order valence-electron chi connectivity index (χ1n) is 8.16. The number of ether oxygens (including phenoxy) is 1. The Hall–Kier alpha value is -2.92. The van der Waals surface area contributed by atoms with Gasteiger partial charge in [0, 0.05) is 5.56 Å². The Morgan fingerprint density at radius 1 is 0.808 bits per heavy atom. The molecular formula is C21H19NO3S. The molecule has 4 nitrogen and oxygen atoms in total. The van der Waals surface area contributed by atoms with Crippen molar-refractivity contribution in [1.82, 2.24) is 0 Å². The van der Waals surface area contributed by atoms with E-state index in [1.54, 1.807) is 42.5 Å². The van der Waals surface area contributed by atoms with Gasteiger partial charge in [-0.25, -0.2) is 0 Å². The van der Waals surface area contributed by atoms with E-state index in [9.17, 15) is 8.42 Å². The fraction of sp³-hybridized carbons (Fsp3) is 0.0952. The molecule has 0 unspecified atom stereocenters. The van der Waals surface area contributed by atoms with Crippen molar-refractivity contribution in [1.29, 1.82) is 0 Å². The first-order valence-corrected chi connectivity index (χ1v) is 9.60. The van der Waals surface area contributed by atoms with Crippen LogP contribution in [0.2, 0.25) is 0 Å². The van der Waals surface area contributed by atoms with E-state index in [1.807, 2.05) is 50.2 Å². The zero-order valence-electron chi connectivity index (χ0n) is 14.6. The number of hydrogen-bond acceptors (Lipinski definition) is 3. The molecule has 0 saturated carbocycles. The summed E-state index contributed by atoms with van der Waals surface area (Å²) in [6.07, 6.45) is 0. The minimum absolute atomic E-state index is 0.0421. The lowest BCUT2D eigenvalue weighted by Crippen LogP contribution is -2.14.